The third-order valence-corrected chi connectivity index (χ3v) is 2.43. The lowest BCUT2D eigenvalue weighted by atomic mass is 10.0. The summed E-state index contributed by atoms with van der Waals surface area (Å²) in [5.41, 5.74) is 1.12. The van der Waals surface area contributed by atoms with Crippen LogP contribution >= 0.6 is 0 Å². The lowest BCUT2D eigenvalue weighted by Gasteiger charge is -2.26. The summed E-state index contributed by atoms with van der Waals surface area (Å²) in [4.78, 5) is 0. The van der Waals surface area contributed by atoms with Crippen LogP contribution in [0.1, 0.15) is 18.9 Å². The van der Waals surface area contributed by atoms with Gasteiger partial charge in [-0.2, -0.15) is 0 Å². The Bertz CT molecular complexity index is 263. The Kier molecular flexibility index (Phi) is 2.34. The van der Waals surface area contributed by atoms with Crippen LogP contribution in [0.25, 0.3) is 0 Å². The Balaban J connectivity index is 2.31. The van der Waals surface area contributed by atoms with Gasteiger partial charge in [0.1, 0.15) is 0 Å². The van der Waals surface area contributed by atoms with Gasteiger partial charge in [0.15, 0.2) is 5.79 Å². The molecule has 0 bridgehead atoms. The molecule has 2 rings (SSSR count). The van der Waals surface area contributed by atoms with E-state index in [0.717, 1.165) is 12.0 Å². The normalized spacial score (nSPS) is 20.4. The van der Waals surface area contributed by atoms with Gasteiger partial charge in [0.2, 0.25) is 0 Å². The average Bonchev–Trinajstić information content (AvgIpc) is 2.69. The summed E-state index contributed by atoms with van der Waals surface area (Å²) in [6.07, 6.45) is 0.858. The van der Waals surface area contributed by atoms with Crippen LogP contribution in [0.2, 0.25) is 0 Å². The molecule has 70 valence electrons. The minimum Gasteiger partial charge on any atom is -0.343 e. The lowest BCUT2D eigenvalue weighted by Crippen LogP contribution is -2.25. The Morgan fingerprint density at radius 3 is 2.31 bits per heavy atom. The summed E-state index contributed by atoms with van der Waals surface area (Å²) in [7, 11) is 0. The van der Waals surface area contributed by atoms with Gasteiger partial charge in [0, 0.05) is 12.0 Å². The van der Waals surface area contributed by atoms with Crippen LogP contribution < -0.4 is 0 Å². The highest BCUT2D eigenvalue weighted by Gasteiger charge is 2.36. The molecule has 0 amide bonds. The van der Waals surface area contributed by atoms with E-state index >= 15 is 0 Å². The van der Waals surface area contributed by atoms with Crippen LogP contribution in [0.15, 0.2) is 30.3 Å². The van der Waals surface area contributed by atoms with Crippen molar-refractivity contribution in [1.82, 2.24) is 0 Å². The zero-order chi connectivity index (χ0) is 9.15. The van der Waals surface area contributed by atoms with E-state index in [1.165, 1.54) is 0 Å². The van der Waals surface area contributed by atoms with Crippen molar-refractivity contribution in [2.75, 3.05) is 13.2 Å². The topological polar surface area (TPSA) is 18.5 Å². The van der Waals surface area contributed by atoms with Crippen LogP contribution in [-0.4, -0.2) is 13.2 Å². The van der Waals surface area contributed by atoms with Gasteiger partial charge in [-0.15, -0.1) is 0 Å². The summed E-state index contributed by atoms with van der Waals surface area (Å²) in [6.45, 7) is 3.48. The van der Waals surface area contributed by atoms with E-state index in [9.17, 15) is 0 Å². The largest absolute Gasteiger partial charge is 0.343 e. The van der Waals surface area contributed by atoms with Gasteiger partial charge >= 0.3 is 0 Å². The maximum absolute atomic E-state index is 5.65. The zero-order valence-electron chi connectivity index (χ0n) is 7.82. The molecule has 0 atom stereocenters. The summed E-state index contributed by atoms with van der Waals surface area (Å²) in [5, 5.41) is 0. The fourth-order valence-corrected chi connectivity index (χ4v) is 1.72. The molecule has 1 fully saturated rings. The SMILES string of the molecule is CCC1(c2ccccc2)OCCO1. The highest BCUT2D eigenvalue weighted by atomic mass is 16.7. The maximum Gasteiger partial charge on any atom is 0.194 e. The maximum atomic E-state index is 5.65. The van der Waals surface area contributed by atoms with E-state index in [1.807, 2.05) is 18.2 Å². The van der Waals surface area contributed by atoms with Gasteiger partial charge in [0.05, 0.1) is 13.2 Å². The molecule has 0 aromatic heterocycles. The fourth-order valence-electron chi connectivity index (χ4n) is 1.72. The fraction of sp³-hybridized carbons (Fsp3) is 0.455. The predicted molar refractivity (Wildman–Crippen MR) is 50.3 cm³/mol. The van der Waals surface area contributed by atoms with E-state index in [1.54, 1.807) is 0 Å². The molecule has 13 heavy (non-hydrogen) atoms. The number of hydrogen-bond acceptors (Lipinski definition) is 2. The van der Waals surface area contributed by atoms with Crippen molar-refractivity contribution in [1.29, 1.82) is 0 Å². The van der Waals surface area contributed by atoms with Crippen LogP contribution in [0, 0.1) is 0 Å². The van der Waals surface area contributed by atoms with Crippen molar-refractivity contribution in [2.24, 2.45) is 0 Å². The number of rotatable bonds is 2. The summed E-state index contributed by atoms with van der Waals surface area (Å²) in [6, 6.07) is 10.1. The van der Waals surface area contributed by atoms with E-state index in [2.05, 4.69) is 19.1 Å². The van der Waals surface area contributed by atoms with Crippen molar-refractivity contribution in [2.45, 2.75) is 19.1 Å². The van der Waals surface area contributed by atoms with Crippen molar-refractivity contribution in [3.63, 3.8) is 0 Å². The summed E-state index contributed by atoms with van der Waals surface area (Å²) >= 11 is 0. The first kappa shape index (κ1) is 8.73. The van der Waals surface area contributed by atoms with Gasteiger partial charge in [-0.1, -0.05) is 37.3 Å². The Labute approximate surface area is 78.5 Å². The molecule has 1 aliphatic heterocycles. The van der Waals surface area contributed by atoms with Crippen LogP contribution in [0.3, 0.4) is 0 Å². The molecule has 0 N–H and O–H groups in total. The molecule has 1 aromatic carbocycles. The molecule has 0 aliphatic carbocycles. The van der Waals surface area contributed by atoms with E-state index < -0.39 is 5.79 Å². The van der Waals surface area contributed by atoms with Gasteiger partial charge in [-0.25, -0.2) is 0 Å². The zero-order valence-corrected chi connectivity index (χ0v) is 7.82. The molecule has 1 saturated heterocycles. The highest BCUT2D eigenvalue weighted by molar-refractivity contribution is 5.20. The molecular weight excluding hydrogens is 164 g/mol. The first-order valence-corrected chi connectivity index (χ1v) is 4.71. The molecule has 1 heterocycles. The second kappa shape index (κ2) is 3.48. The van der Waals surface area contributed by atoms with Crippen molar-refractivity contribution in [3.8, 4) is 0 Å². The van der Waals surface area contributed by atoms with Crippen LogP contribution in [-0.2, 0) is 15.3 Å². The van der Waals surface area contributed by atoms with E-state index in [0.29, 0.717) is 13.2 Å². The third kappa shape index (κ3) is 1.47. The van der Waals surface area contributed by atoms with Crippen molar-refractivity contribution >= 4 is 0 Å². The molecule has 0 spiro atoms. The molecule has 0 saturated carbocycles. The van der Waals surface area contributed by atoms with Crippen molar-refractivity contribution in [3.05, 3.63) is 35.9 Å². The quantitative estimate of drug-likeness (QED) is 0.691. The smallest absolute Gasteiger partial charge is 0.194 e. The van der Waals surface area contributed by atoms with Gasteiger partial charge < -0.3 is 9.47 Å². The molecule has 0 radical (unpaired) electrons. The molecule has 0 unspecified atom stereocenters. The minimum atomic E-state index is -0.471. The Morgan fingerprint density at radius 2 is 1.77 bits per heavy atom. The standard InChI is InChI=1S/C11H14O2/c1-2-11(12-8-9-13-11)10-6-4-3-5-7-10/h3-7H,2,8-9H2,1H3. The first-order chi connectivity index (χ1) is 6.37. The minimum absolute atomic E-state index is 0.471. The van der Waals surface area contributed by atoms with Crippen molar-refractivity contribution < 1.29 is 9.47 Å². The molecule has 1 aliphatic rings. The first-order valence-electron chi connectivity index (χ1n) is 4.71. The number of benzene rings is 1. The molecule has 1 aromatic rings. The monoisotopic (exact) mass is 178 g/mol. The molecule has 2 heteroatoms. The van der Waals surface area contributed by atoms with E-state index in [-0.39, 0.29) is 0 Å². The second-order valence-electron chi connectivity index (χ2n) is 3.17. The Hall–Kier alpha value is -0.860. The predicted octanol–water partition coefficient (Wildman–Crippen LogP) is 2.30. The van der Waals surface area contributed by atoms with Gasteiger partial charge in [-0.3, -0.25) is 0 Å². The van der Waals surface area contributed by atoms with Crippen LogP contribution in [0.5, 0.6) is 0 Å². The second-order valence-corrected chi connectivity index (χ2v) is 3.17. The summed E-state index contributed by atoms with van der Waals surface area (Å²) < 4.78 is 11.3. The average molecular weight is 178 g/mol. The van der Waals surface area contributed by atoms with Gasteiger partial charge in [-0.05, 0) is 0 Å². The number of ether oxygens (including phenoxy) is 2. The molecule has 2 nitrogen and oxygen atoms in total. The number of hydrogen-bond donors (Lipinski definition) is 0. The highest BCUT2D eigenvalue weighted by Crippen LogP contribution is 2.34. The van der Waals surface area contributed by atoms with Gasteiger partial charge in [0.25, 0.3) is 0 Å². The third-order valence-electron chi connectivity index (χ3n) is 2.43. The lowest BCUT2D eigenvalue weighted by molar-refractivity contribution is -0.167. The van der Waals surface area contributed by atoms with Crippen LogP contribution in [0.4, 0.5) is 0 Å². The Morgan fingerprint density at radius 1 is 1.15 bits per heavy atom. The van der Waals surface area contributed by atoms with E-state index in [4.69, 9.17) is 9.47 Å². The summed E-state index contributed by atoms with van der Waals surface area (Å²) in [5.74, 6) is -0.471. The molecular formula is C11H14O2.